The number of imidazole rings is 1. The first-order valence-electron chi connectivity index (χ1n) is 7.98. The summed E-state index contributed by atoms with van der Waals surface area (Å²) in [5.74, 6) is 0.578. The van der Waals surface area contributed by atoms with Crippen LogP contribution in [0.1, 0.15) is 10.7 Å². The van der Waals surface area contributed by atoms with Crippen LogP contribution in [0.4, 0.5) is 0 Å². The predicted octanol–water partition coefficient (Wildman–Crippen LogP) is 3.79. The molecule has 1 fully saturated rings. The van der Waals surface area contributed by atoms with Crippen molar-refractivity contribution in [2.24, 2.45) is 0 Å². The molecule has 1 N–H and O–H groups in total. The highest BCUT2D eigenvalue weighted by Crippen LogP contribution is 2.27. The number of benzene rings is 1. The molecular weight excluding hydrogens is 402 g/mol. The summed E-state index contributed by atoms with van der Waals surface area (Å²) in [4.78, 5) is 23.8. The van der Waals surface area contributed by atoms with E-state index in [9.17, 15) is 4.79 Å². The highest BCUT2D eigenvalue weighted by molar-refractivity contribution is 9.10. The van der Waals surface area contributed by atoms with Gasteiger partial charge in [-0.2, -0.15) is 0 Å². The Morgan fingerprint density at radius 3 is 2.84 bits per heavy atom. The van der Waals surface area contributed by atoms with E-state index in [4.69, 9.17) is 4.74 Å². The monoisotopic (exact) mass is 417 g/mol. The minimum absolute atomic E-state index is 0.0214. The number of morpholine rings is 1. The molecule has 2 aromatic heterocycles. The van der Waals surface area contributed by atoms with Crippen molar-refractivity contribution in [1.29, 1.82) is 0 Å². The summed E-state index contributed by atoms with van der Waals surface area (Å²) in [6, 6.07) is 9.79. The van der Waals surface area contributed by atoms with Crippen molar-refractivity contribution >= 4 is 55.9 Å². The van der Waals surface area contributed by atoms with E-state index in [0.717, 1.165) is 20.4 Å². The average Bonchev–Trinajstić information content (AvgIpc) is 3.25. The van der Waals surface area contributed by atoms with E-state index in [-0.39, 0.29) is 5.91 Å². The first kappa shape index (κ1) is 16.5. The summed E-state index contributed by atoms with van der Waals surface area (Å²) in [6.07, 6.45) is 1.91. The number of nitrogens with zero attached hydrogens (tertiary/aromatic N) is 2. The topological polar surface area (TPSA) is 58.2 Å². The highest BCUT2D eigenvalue weighted by atomic mass is 79.9. The summed E-state index contributed by atoms with van der Waals surface area (Å²) in [6.45, 7) is 2.35. The average molecular weight is 418 g/mol. The molecule has 3 heterocycles. The molecule has 0 bridgehead atoms. The lowest BCUT2D eigenvalue weighted by Crippen LogP contribution is -2.41. The molecular formula is C18H16BrN3O2S. The molecule has 0 saturated carbocycles. The number of para-hydroxylation sites is 2. The van der Waals surface area contributed by atoms with Crippen molar-refractivity contribution in [1.82, 2.24) is 14.9 Å². The van der Waals surface area contributed by atoms with Gasteiger partial charge in [0.1, 0.15) is 5.82 Å². The van der Waals surface area contributed by atoms with E-state index < -0.39 is 0 Å². The number of aromatic amines is 1. The molecule has 1 saturated heterocycles. The molecule has 4 rings (SSSR count). The van der Waals surface area contributed by atoms with E-state index in [1.165, 1.54) is 0 Å². The van der Waals surface area contributed by atoms with Gasteiger partial charge in [0.05, 0.1) is 29.8 Å². The molecule has 5 nitrogen and oxygen atoms in total. The lowest BCUT2D eigenvalue weighted by Gasteiger charge is -2.27. The Morgan fingerprint density at radius 2 is 2.12 bits per heavy atom. The van der Waals surface area contributed by atoms with Crippen molar-refractivity contribution < 1.29 is 9.53 Å². The molecule has 0 spiro atoms. The minimum atomic E-state index is -0.0214. The number of carbonyl (C=O) groups is 1. The maximum atomic E-state index is 13.1. The third kappa shape index (κ3) is 3.53. The molecule has 128 valence electrons. The summed E-state index contributed by atoms with van der Waals surface area (Å²) < 4.78 is 6.37. The van der Waals surface area contributed by atoms with Crippen molar-refractivity contribution in [3.05, 3.63) is 50.9 Å². The molecule has 0 atom stereocenters. The number of rotatable bonds is 3. The number of hydrogen-bond acceptors (Lipinski definition) is 4. The Morgan fingerprint density at radius 1 is 1.32 bits per heavy atom. The largest absolute Gasteiger partial charge is 0.378 e. The molecule has 0 aliphatic carbocycles. The summed E-state index contributed by atoms with van der Waals surface area (Å²) in [5.41, 5.74) is 2.35. The van der Waals surface area contributed by atoms with Gasteiger partial charge in [-0.05, 0) is 40.2 Å². The van der Waals surface area contributed by atoms with Gasteiger partial charge in [-0.3, -0.25) is 4.79 Å². The van der Waals surface area contributed by atoms with Crippen molar-refractivity contribution in [3.8, 4) is 0 Å². The van der Waals surface area contributed by atoms with Crippen LogP contribution < -0.4 is 0 Å². The Labute approximate surface area is 157 Å². The summed E-state index contributed by atoms with van der Waals surface area (Å²) in [7, 11) is 0. The van der Waals surface area contributed by atoms with Gasteiger partial charge in [0.15, 0.2) is 0 Å². The molecule has 1 aliphatic rings. The number of hydrogen-bond donors (Lipinski definition) is 1. The number of ether oxygens (including phenoxy) is 1. The SMILES string of the molecule is O=C(/C(=C/c1cc(Br)cs1)c1nc2ccccc2[nH]1)N1CCOCC1. The van der Waals surface area contributed by atoms with Crippen LogP contribution in [0.25, 0.3) is 22.7 Å². The molecule has 0 unspecified atom stereocenters. The normalized spacial score (nSPS) is 15.7. The predicted molar refractivity (Wildman–Crippen MR) is 103 cm³/mol. The van der Waals surface area contributed by atoms with Gasteiger partial charge < -0.3 is 14.6 Å². The minimum Gasteiger partial charge on any atom is -0.378 e. The van der Waals surface area contributed by atoms with Gasteiger partial charge in [0, 0.05) is 27.8 Å². The third-order valence-corrected chi connectivity index (χ3v) is 5.69. The number of aromatic nitrogens is 2. The van der Waals surface area contributed by atoms with Gasteiger partial charge in [0.25, 0.3) is 5.91 Å². The van der Waals surface area contributed by atoms with Crippen molar-refractivity contribution in [2.75, 3.05) is 26.3 Å². The fourth-order valence-electron chi connectivity index (χ4n) is 2.79. The standard InChI is InChI=1S/C18H16BrN3O2S/c19-12-9-13(25-11-12)10-14(18(23)22-5-7-24-8-6-22)17-20-15-3-1-2-4-16(15)21-17/h1-4,9-11H,5-8H2,(H,20,21)/b14-10+. The molecule has 1 aromatic carbocycles. The Kier molecular flexibility index (Phi) is 4.70. The quantitative estimate of drug-likeness (QED) is 0.659. The fourth-order valence-corrected chi connectivity index (χ4v) is 4.17. The van der Waals surface area contributed by atoms with Crippen molar-refractivity contribution in [3.63, 3.8) is 0 Å². The molecule has 25 heavy (non-hydrogen) atoms. The van der Waals surface area contributed by atoms with Crippen LogP contribution >= 0.6 is 27.3 Å². The maximum Gasteiger partial charge on any atom is 0.257 e. The second-order valence-electron chi connectivity index (χ2n) is 5.73. The summed E-state index contributed by atoms with van der Waals surface area (Å²) in [5, 5.41) is 2.00. The van der Waals surface area contributed by atoms with Gasteiger partial charge in [-0.1, -0.05) is 12.1 Å². The number of halogens is 1. The Hall–Kier alpha value is -1.96. The zero-order valence-corrected chi connectivity index (χ0v) is 15.8. The lowest BCUT2D eigenvalue weighted by molar-refractivity contribution is -0.128. The number of fused-ring (bicyclic) bond motifs is 1. The zero-order chi connectivity index (χ0) is 17.2. The number of carbonyl (C=O) groups excluding carboxylic acids is 1. The van der Waals surface area contributed by atoms with E-state index >= 15 is 0 Å². The van der Waals surface area contributed by atoms with Crippen LogP contribution in [-0.2, 0) is 9.53 Å². The smallest absolute Gasteiger partial charge is 0.257 e. The first-order valence-corrected chi connectivity index (χ1v) is 9.66. The maximum absolute atomic E-state index is 13.1. The van der Waals surface area contributed by atoms with Crippen LogP contribution in [0.5, 0.6) is 0 Å². The number of thiophene rings is 1. The lowest BCUT2D eigenvalue weighted by atomic mass is 10.1. The van der Waals surface area contributed by atoms with Crippen LogP contribution in [0.15, 0.2) is 40.2 Å². The van der Waals surface area contributed by atoms with Crippen LogP contribution in [0, 0.1) is 0 Å². The molecule has 3 aromatic rings. The Bertz CT molecular complexity index is 908. The molecule has 1 amide bonds. The van der Waals surface area contributed by atoms with Crippen molar-refractivity contribution in [2.45, 2.75) is 0 Å². The number of nitrogens with one attached hydrogen (secondary N) is 1. The second kappa shape index (κ2) is 7.11. The van der Waals surface area contributed by atoms with E-state index in [0.29, 0.717) is 37.7 Å². The highest BCUT2D eigenvalue weighted by Gasteiger charge is 2.24. The molecule has 7 heteroatoms. The van der Waals surface area contributed by atoms with Crippen LogP contribution in [-0.4, -0.2) is 47.1 Å². The third-order valence-electron chi connectivity index (χ3n) is 4.05. The van der Waals surface area contributed by atoms with Gasteiger partial charge in [-0.25, -0.2) is 4.98 Å². The van der Waals surface area contributed by atoms with E-state index in [2.05, 4.69) is 25.9 Å². The fraction of sp³-hybridized carbons (Fsp3) is 0.222. The van der Waals surface area contributed by atoms with E-state index in [1.807, 2.05) is 46.7 Å². The van der Waals surface area contributed by atoms with Crippen LogP contribution in [0.2, 0.25) is 0 Å². The van der Waals surface area contributed by atoms with Gasteiger partial charge in [0.2, 0.25) is 0 Å². The Balaban J connectivity index is 1.77. The first-order chi connectivity index (χ1) is 12.2. The van der Waals surface area contributed by atoms with E-state index in [1.54, 1.807) is 11.3 Å². The number of H-pyrrole nitrogens is 1. The molecule has 1 aliphatic heterocycles. The zero-order valence-electron chi connectivity index (χ0n) is 13.4. The van der Waals surface area contributed by atoms with Gasteiger partial charge in [-0.15, -0.1) is 11.3 Å². The number of amides is 1. The van der Waals surface area contributed by atoms with Gasteiger partial charge >= 0.3 is 0 Å². The second-order valence-corrected chi connectivity index (χ2v) is 7.59. The molecule has 0 radical (unpaired) electrons. The van der Waals surface area contributed by atoms with Crippen LogP contribution in [0.3, 0.4) is 0 Å². The summed E-state index contributed by atoms with van der Waals surface area (Å²) >= 11 is 5.05.